The van der Waals surface area contributed by atoms with Crippen LogP contribution in [0.1, 0.15) is 28.0 Å². The van der Waals surface area contributed by atoms with Crippen LogP contribution in [0.15, 0.2) is 28.8 Å². The Morgan fingerprint density at radius 2 is 2.29 bits per heavy atom. The van der Waals surface area contributed by atoms with Crippen molar-refractivity contribution in [1.29, 1.82) is 0 Å². The second-order valence-corrected chi connectivity index (χ2v) is 4.66. The maximum absolute atomic E-state index is 12.0. The molecule has 0 spiro atoms. The van der Waals surface area contributed by atoms with Crippen molar-refractivity contribution in [2.45, 2.75) is 13.3 Å². The lowest BCUT2D eigenvalue weighted by molar-refractivity contribution is 0.102. The molecule has 1 aromatic carbocycles. The molecule has 0 radical (unpaired) electrons. The topological polar surface area (TPSA) is 75.4 Å². The summed E-state index contributed by atoms with van der Waals surface area (Å²) in [4.78, 5) is 12.0. The van der Waals surface area contributed by atoms with Crippen molar-refractivity contribution in [2.75, 3.05) is 11.9 Å². The van der Waals surface area contributed by atoms with Gasteiger partial charge in [-0.3, -0.25) is 10.1 Å². The number of aliphatic hydroxyl groups excluding tert-OH is 1. The summed E-state index contributed by atoms with van der Waals surface area (Å²) in [6.07, 6.45) is 0.378. The first kappa shape index (κ1) is 15.1. The van der Waals surface area contributed by atoms with Crippen molar-refractivity contribution in [2.24, 2.45) is 0 Å². The number of carbonyl (C=O) groups is 1. The lowest BCUT2D eigenvalue weighted by atomic mass is 10.1. The number of hydrogen-bond donors (Lipinski definition) is 2. The number of nitrogens with one attached hydrogen (secondary N) is 1. The van der Waals surface area contributed by atoms with Gasteiger partial charge in [0.05, 0.1) is 17.3 Å². The van der Waals surface area contributed by atoms with E-state index in [9.17, 15) is 4.79 Å². The summed E-state index contributed by atoms with van der Waals surface area (Å²) < 4.78 is 4.91. The molecule has 0 aliphatic carbocycles. The van der Waals surface area contributed by atoms with Crippen molar-refractivity contribution >= 4 is 23.4 Å². The van der Waals surface area contributed by atoms with E-state index in [2.05, 4.69) is 22.3 Å². The van der Waals surface area contributed by atoms with Crippen molar-refractivity contribution in [3.63, 3.8) is 0 Å². The average Bonchev–Trinajstić information content (AvgIpc) is 2.86. The molecule has 1 amide bonds. The van der Waals surface area contributed by atoms with Gasteiger partial charge < -0.3 is 9.63 Å². The zero-order valence-corrected chi connectivity index (χ0v) is 12.1. The van der Waals surface area contributed by atoms with Gasteiger partial charge in [0.15, 0.2) is 0 Å². The maximum Gasteiger partial charge on any atom is 0.258 e. The van der Waals surface area contributed by atoms with Gasteiger partial charge >= 0.3 is 0 Å². The Kier molecular flexibility index (Phi) is 4.99. The van der Waals surface area contributed by atoms with E-state index in [4.69, 9.17) is 21.2 Å². The SMILES string of the molecule is Cc1cc(NC(=O)c2ccc(C#CCCO)c(Cl)c2)on1. The van der Waals surface area contributed by atoms with Crippen LogP contribution in [-0.2, 0) is 0 Å². The lowest BCUT2D eigenvalue weighted by Crippen LogP contribution is -2.11. The number of aromatic nitrogens is 1. The fraction of sp³-hybridized carbons (Fsp3) is 0.200. The molecule has 5 nitrogen and oxygen atoms in total. The Hall–Kier alpha value is -2.29. The summed E-state index contributed by atoms with van der Waals surface area (Å²) in [5.41, 5.74) is 1.68. The largest absolute Gasteiger partial charge is 0.395 e. The first-order chi connectivity index (χ1) is 10.1. The smallest absolute Gasteiger partial charge is 0.258 e. The molecule has 0 bridgehead atoms. The summed E-state index contributed by atoms with van der Waals surface area (Å²) in [7, 11) is 0. The Bertz CT molecular complexity index is 713. The van der Waals surface area contributed by atoms with E-state index in [1.54, 1.807) is 25.1 Å². The minimum Gasteiger partial charge on any atom is -0.395 e. The van der Waals surface area contributed by atoms with Gasteiger partial charge in [-0.15, -0.1) is 0 Å². The molecule has 2 N–H and O–H groups in total. The highest BCUT2D eigenvalue weighted by molar-refractivity contribution is 6.32. The number of rotatable bonds is 3. The second-order valence-electron chi connectivity index (χ2n) is 4.26. The highest BCUT2D eigenvalue weighted by atomic mass is 35.5. The third-order valence-electron chi connectivity index (χ3n) is 2.56. The zero-order chi connectivity index (χ0) is 15.2. The number of carbonyl (C=O) groups excluding carboxylic acids is 1. The zero-order valence-electron chi connectivity index (χ0n) is 11.3. The molecule has 0 aliphatic rings. The predicted molar refractivity (Wildman–Crippen MR) is 79.2 cm³/mol. The monoisotopic (exact) mass is 304 g/mol. The molecule has 2 aromatic rings. The maximum atomic E-state index is 12.0. The van der Waals surface area contributed by atoms with Crippen LogP contribution in [0.25, 0.3) is 0 Å². The molecule has 1 heterocycles. The van der Waals surface area contributed by atoms with Gasteiger partial charge in [-0.25, -0.2) is 0 Å². The van der Waals surface area contributed by atoms with Gasteiger partial charge in [0.2, 0.25) is 5.88 Å². The van der Waals surface area contributed by atoms with Crippen molar-refractivity contribution in [3.8, 4) is 11.8 Å². The molecule has 108 valence electrons. The number of benzene rings is 1. The molecule has 6 heteroatoms. The fourth-order valence-electron chi connectivity index (χ4n) is 1.58. The normalized spacial score (nSPS) is 9.86. The summed E-state index contributed by atoms with van der Waals surface area (Å²) >= 11 is 6.08. The number of amides is 1. The van der Waals surface area contributed by atoms with Gasteiger partial charge in [0.25, 0.3) is 5.91 Å². The highest BCUT2D eigenvalue weighted by Gasteiger charge is 2.10. The molecule has 0 unspecified atom stereocenters. The molecule has 2 rings (SSSR count). The van der Waals surface area contributed by atoms with Crippen molar-refractivity contribution in [3.05, 3.63) is 46.1 Å². The van der Waals surface area contributed by atoms with E-state index in [-0.39, 0.29) is 18.4 Å². The molecule has 0 aliphatic heterocycles. The third kappa shape index (κ3) is 4.09. The first-order valence-electron chi connectivity index (χ1n) is 6.24. The Morgan fingerprint density at radius 3 is 2.90 bits per heavy atom. The van der Waals surface area contributed by atoms with Crippen LogP contribution in [0.5, 0.6) is 0 Å². The third-order valence-corrected chi connectivity index (χ3v) is 2.87. The lowest BCUT2D eigenvalue weighted by Gasteiger charge is -2.03. The second kappa shape index (κ2) is 6.93. The number of halogens is 1. The molecule has 0 fully saturated rings. The summed E-state index contributed by atoms with van der Waals surface area (Å²) in [5.74, 6) is 5.54. The predicted octanol–water partition coefficient (Wildman–Crippen LogP) is 2.62. The number of aliphatic hydroxyl groups is 1. The quantitative estimate of drug-likeness (QED) is 0.855. The molecule has 0 atom stereocenters. The molecule has 0 saturated heterocycles. The summed E-state index contributed by atoms with van der Waals surface area (Å²) in [6, 6.07) is 6.43. The van der Waals surface area contributed by atoms with Gasteiger partial charge in [-0.2, -0.15) is 0 Å². The molecule has 1 aromatic heterocycles. The van der Waals surface area contributed by atoms with E-state index < -0.39 is 0 Å². The van der Waals surface area contributed by atoms with E-state index >= 15 is 0 Å². The Balaban J connectivity index is 2.12. The number of hydrogen-bond acceptors (Lipinski definition) is 4. The van der Waals surface area contributed by atoms with Crippen LogP contribution < -0.4 is 5.32 Å². The van der Waals surface area contributed by atoms with E-state index in [0.29, 0.717) is 28.3 Å². The molecule has 21 heavy (non-hydrogen) atoms. The number of anilines is 1. The minimum absolute atomic E-state index is 0.00169. The van der Waals surface area contributed by atoms with Crippen molar-refractivity contribution in [1.82, 2.24) is 5.16 Å². The van der Waals surface area contributed by atoms with Crippen molar-refractivity contribution < 1.29 is 14.4 Å². The van der Waals surface area contributed by atoms with Gasteiger partial charge in [-0.1, -0.05) is 28.6 Å². The summed E-state index contributed by atoms with van der Waals surface area (Å²) in [6.45, 7) is 1.76. The van der Waals surface area contributed by atoms with Gasteiger partial charge in [0.1, 0.15) is 0 Å². The van der Waals surface area contributed by atoms with Gasteiger partial charge in [-0.05, 0) is 25.1 Å². The highest BCUT2D eigenvalue weighted by Crippen LogP contribution is 2.18. The Labute approximate surface area is 126 Å². The first-order valence-corrected chi connectivity index (χ1v) is 6.62. The van der Waals surface area contributed by atoms with Crippen LogP contribution in [0.4, 0.5) is 5.88 Å². The van der Waals surface area contributed by atoms with Crippen LogP contribution in [0.2, 0.25) is 5.02 Å². The van der Waals surface area contributed by atoms with E-state index in [1.165, 1.54) is 6.07 Å². The van der Waals surface area contributed by atoms with Gasteiger partial charge in [0, 0.05) is 23.6 Å². The molecule has 0 saturated carbocycles. The molecular formula is C15H13ClN2O3. The fourth-order valence-corrected chi connectivity index (χ4v) is 1.81. The summed E-state index contributed by atoms with van der Waals surface area (Å²) in [5, 5.41) is 15.3. The van der Waals surface area contributed by atoms with Crippen LogP contribution in [-0.4, -0.2) is 22.8 Å². The average molecular weight is 305 g/mol. The van der Waals surface area contributed by atoms with Crippen LogP contribution >= 0.6 is 11.6 Å². The molecular weight excluding hydrogens is 292 g/mol. The van der Waals surface area contributed by atoms with Crippen LogP contribution in [0.3, 0.4) is 0 Å². The van der Waals surface area contributed by atoms with E-state index in [1.807, 2.05) is 0 Å². The van der Waals surface area contributed by atoms with E-state index in [0.717, 1.165) is 0 Å². The Morgan fingerprint density at radius 1 is 1.48 bits per heavy atom. The van der Waals surface area contributed by atoms with Crippen LogP contribution in [0, 0.1) is 18.8 Å². The number of nitrogens with zero attached hydrogens (tertiary/aromatic N) is 1. The number of aryl methyl sites for hydroxylation is 1. The standard InChI is InChI=1S/C15H13ClN2O3/c1-10-8-14(21-18-10)17-15(20)12-6-5-11(13(16)9-12)4-2-3-7-19/h5-6,8-9,19H,3,7H2,1H3,(H,17,20). The minimum atomic E-state index is -0.345.